The highest BCUT2D eigenvalue weighted by Crippen LogP contribution is 2.31. The van der Waals surface area contributed by atoms with Gasteiger partial charge in [-0.25, -0.2) is 4.98 Å². The molecule has 3 rings (SSSR count). The molecule has 80 valence electrons. The number of nitrogens with one attached hydrogen (secondary N) is 1. The summed E-state index contributed by atoms with van der Waals surface area (Å²) in [6.45, 7) is 2.66. The molecule has 0 bridgehead atoms. The summed E-state index contributed by atoms with van der Waals surface area (Å²) in [5.74, 6) is 1.61. The van der Waals surface area contributed by atoms with Crippen molar-refractivity contribution in [2.45, 2.75) is 6.04 Å². The number of likely N-dealkylation sites (N-methyl/N-ethyl adjacent to an activating group) is 1. The van der Waals surface area contributed by atoms with E-state index in [1.165, 1.54) is 0 Å². The molecule has 0 aromatic carbocycles. The number of ether oxygens (including phenoxy) is 1. The minimum absolute atomic E-state index is 0.466. The zero-order chi connectivity index (χ0) is 10.3. The average molecular weight is 205 g/mol. The van der Waals surface area contributed by atoms with Gasteiger partial charge >= 0.3 is 0 Å². The number of rotatable bonds is 0. The number of hydrogen-bond acceptors (Lipinski definition) is 4. The van der Waals surface area contributed by atoms with E-state index in [1.807, 2.05) is 12.3 Å². The zero-order valence-electron chi connectivity index (χ0n) is 8.81. The fraction of sp³-hybridized carbons (Fsp3) is 0.545. The summed E-state index contributed by atoms with van der Waals surface area (Å²) in [6.07, 6.45) is 1.84. The molecule has 4 heteroatoms. The Bertz CT molecular complexity index is 369. The Morgan fingerprint density at radius 1 is 1.53 bits per heavy atom. The van der Waals surface area contributed by atoms with Crippen LogP contribution in [0.3, 0.4) is 0 Å². The van der Waals surface area contributed by atoms with Crippen LogP contribution >= 0.6 is 0 Å². The monoisotopic (exact) mass is 205 g/mol. The van der Waals surface area contributed by atoms with Gasteiger partial charge in [-0.2, -0.15) is 0 Å². The van der Waals surface area contributed by atoms with E-state index in [0.29, 0.717) is 12.0 Å². The van der Waals surface area contributed by atoms with Crippen LogP contribution in [-0.2, 0) is 4.74 Å². The van der Waals surface area contributed by atoms with E-state index in [2.05, 4.69) is 28.3 Å². The fourth-order valence-corrected chi connectivity index (χ4v) is 2.42. The molecular weight excluding hydrogens is 190 g/mol. The van der Waals surface area contributed by atoms with Gasteiger partial charge in [0, 0.05) is 25.7 Å². The van der Waals surface area contributed by atoms with Crippen LogP contribution in [0.15, 0.2) is 18.3 Å². The second-order valence-electron chi connectivity index (χ2n) is 4.23. The van der Waals surface area contributed by atoms with Gasteiger partial charge < -0.3 is 15.0 Å². The van der Waals surface area contributed by atoms with E-state index in [4.69, 9.17) is 4.74 Å². The maximum absolute atomic E-state index is 5.52. The molecule has 3 heterocycles. The number of nitrogens with zero attached hydrogens (tertiary/aromatic N) is 2. The number of hydrogen-bond donors (Lipinski definition) is 1. The number of anilines is 2. The van der Waals surface area contributed by atoms with E-state index in [9.17, 15) is 0 Å². The van der Waals surface area contributed by atoms with Crippen molar-refractivity contribution in [2.75, 3.05) is 37.0 Å². The van der Waals surface area contributed by atoms with Crippen molar-refractivity contribution in [3.63, 3.8) is 0 Å². The molecule has 1 aromatic heterocycles. The Kier molecular flexibility index (Phi) is 2.02. The Morgan fingerprint density at radius 2 is 2.47 bits per heavy atom. The first-order valence-electron chi connectivity index (χ1n) is 5.36. The topological polar surface area (TPSA) is 37.4 Å². The van der Waals surface area contributed by atoms with E-state index < -0.39 is 0 Å². The largest absolute Gasteiger partial charge is 0.382 e. The highest BCUT2D eigenvalue weighted by molar-refractivity contribution is 5.66. The molecule has 0 saturated carbocycles. The molecule has 2 aliphatic heterocycles. The molecule has 2 atom stereocenters. The molecule has 1 fully saturated rings. The van der Waals surface area contributed by atoms with Crippen molar-refractivity contribution < 1.29 is 4.74 Å². The lowest BCUT2D eigenvalue weighted by Crippen LogP contribution is -2.38. The molecule has 0 amide bonds. The Labute approximate surface area is 89.3 Å². The third kappa shape index (κ3) is 1.36. The molecule has 15 heavy (non-hydrogen) atoms. The number of aromatic nitrogens is 1. The molecule has 2 aliphatic rings. The van der Waals surface area contributed by atoms with Crippen molar-refractivity contribution in [1.82, 2.24) is 4.98 Å². The second kappa shape index (κ2) is 3.38. The van der Waals surface area contributed by atoms with E-state index in [1.54, 1.807) is 0 Å². The van der Waals surface area contributed by atoms with Gasteiger partial charge in [-0.1, -0.05) is 0 Å². The lowest BCUT2D eigenvalue weighted by molar-refractivity contribution is 0.185. The molecule has 1 N–H and O–H groups in total. The molecule has 4 nitrogen and oxygen atoms in total. The molecule has 0 spiro atoms. The average Bonchev–Trinajstić information content (AvgIpc) is 2.69. The quantitative estimate of drug-likeness (QED) is 0.684. The van der Waals surface area contributed by atoms with Crippen LogP contribution in [0.4, 0.5) is 11.5 Å². The summed E-state index contributed by atoms with van der Waals surface area (Å²) in [5, 5.41) is 3.44. The lowest BCUT2D eigenvalue weighted by Gasteiger charge is -2.26. The summed E-state index contributed by atoms with van der Waals surface area (Å²) in [7, 11) is 2.10. The third-order valence-electron chi connectivity index (χ3n) is 3.34. The van der Waals surface area contributed by atoms with Crippen molar-refractivity contribution in [3.8, 4) is 0 Å². The summed E-state index contributed by atoms with van der Waals surface area (Å²) >= 11 is 0. The summed E-state index contributed by atoms with van der Waals surface area (Å²) in [4.78, 5) is 6.67. The highest BCUT2D eigenvalue weighted by atomic mass is 16.5. The maximum Gasteiger partial charge on any atom is 0.152 e. The van der Waals surface area contributed by atoms with Crippen molar-refractivity contribution in [2.24, 2.45) is 5.92 Å². The Hall–Kier alpha value is -1.29. The van der Waals surface area contributed by atoms with Gasteiger partial charge in [0.2, 0.25) is 0 Å². The summed E-state index contributed by atoms with van der Waals surface area (Å²) in [6, 6.07) is 4.52. The highest BCUT2D eigenvalue weighted by Gasteiger charge is 2.34. The van der Waals surface area contributed by atoms with E-state index in [0.717, 1.165) is 31.3 Å². The SMILES string of the molecule is CN1c2ncccc2NCC2COCC21. The predicted molar refractivity (Wildman–Crippen MR) is 59.2 cm³/mol. The fourth-order valence-electron chi connectivity index (χ4n) is 2.42. The van der Waals surface area contributed by atoms with Crippen molar-refractivity contribution in [3.05, 3.63) is 18.3 Å². The van der Waals surface area contributed by atoms with E-state index in [-0.39, 0.29) is 0 Å². The van der Waals surface area contributed by atoms with Crippen LogP contribution in [0.5, 0.6) is 0 Å². The summed E-state index contributed by atoms with van der Waals surface area (Å²) < 4.78 is 5.52. The zero-order valence-corrected chi connectivity index (χ0v) is 8.81. The number of pyridine rings is 1. The van der Waals surface area contributed by atoms with Crippen LogP contribution in [0.25, 0.3) is 0 Å². The molecule has 1 aromatic rings. The third-order valence-corrected chi connectivity index (χ3v) is 3.34. The van der Waals surface area contributed by atoms with Gasteiger partial charge in [0.1, 0.15) is 0 Å². The first kappa shape index (κ1) is 8.97. The van der Waals surface area contributed by atoms with Crippen molar-refractivity contribution in [1.29, 1.82) is 0 Å². The van der Waals surface area contributed by atoms with Gasteiger partial charge in [-0.15, -0.1) is 0 Å². The lowest BCUT2D eigenvalue weighted by atomic mass is 10.0. The van der Waals surface area contributed by atoms with Gasteiger partial charge in [-0.3, -0.25) is 0 Å². The minimum atomic E-state index is 0.466. The van der Waals surface area contributed by atoms with Gasteiger partial charge in [0.25, 0.3) is 0 Å². The van der Waals surface area contributed by atoms with Crippen LogP contribution in [0.1, 0.15) is 0 Å². The van der Waals surface area contributed by atoms with Crippen LogP contribution in [0, 0.1) is 5.92 Å². The van der Waals surface area contributed by atoms with Gasteiger partial charge in [0.15, 0.2) is 5.82 Å². The van der Waals surface area contributed by atoms with Gasteiger partial charge in [0.05, 0.1) is 24.9 Å². The van der Waals surface area contributed by atoms with Gasteiger partial charge in [-0.05, 0) is 12.1 Å². The second-order valence-corrected chi connectivity index (χ2v) is 4.23. The normalized spacial score (nSPS) is 29.0. The summed E-state index contributed by atoms with van der Waals surface area (Å²) in [5.41, 5.74) is 1.13. The standard InChI is InChI=1S/C11H15N3O/c1-14-10-7-15-6-8(10)5-13-9-3-2-4-12-11(9)14/h2-4,8,10,13H,5-7H2,1H3. The first-order chi connectivity index (χ1) is 7.36. The molecular formula is C11H15N3O. The van der Waals surface area contributed by atoms with Crippen LogP contribution < -0.4 is 10.2 Å². The van der Waals surface area contributed by atoms with Crippen LogP contribution in [-0.4, -0.2) is 37.8 Å². The van der Waals surface area contributed by atoms with E-state index >= 15 is 0 Å². The molecule has 0 aliphatic carbocycles. The maximum atomic E-state index is 5.52. The van der Waals surface area contributed by atoms with Crippen molar-refractivity contribution >= 4 is 11.5 Å². The molecule has 1 saturated heterocycles. The van der Waals surface area contributed by atoms with Crippen LogP contribution in [0.2, 0.25) is 0 Å². The molecule has 0 radical (unpaired) electrons. The number of fused-ring (bicyclic) bond motifs is 2. The Morgan fingerprint density at radius 3 is 3.40 bits per heavy atom. The smallest absolute Gasteiger partial charge is 0.152 e. The Balaban J connectivity index is 2.00. The predicted octanol–water partition coefficient (Wildman–Crippen LogP) is 0.958. The first-order valence-corrected chi connectivity index (χ1v) is 5.36. The minimum Gasteiger partial charge on any atom is -0.382 e. The molecule has 2 unspecified atom stereocenters.